The van der Waals surface area contributed by atoms with Crippen molar-refractivity contribution in [3.05, 3.63) is 129 Å². The lowest BCUT2D eigenvalue weighted by Gasteiger charge is -2.22. The summed E-state index contributed by atoms with van der Waals surface area (Å²) in [6.45, 7) is 2.52. The maximum Gasteiger partial charge on any atom is 0.233 e. The molecule has 1 aromatic heterocycles. The number of rotatable bonds is 6. The summed E-state index contributed by atoms with van der Waals surface area (Å²) in [5.41, 5.74) is 3.17. The third kappa shape index (κ3) is 4.23. The Morgan fingerprint density at radius 2 is 0.909 bits per heavy atom. The van der Waals surface area contributed by atoms with E-state index in [4.69, 9.17) is 0 Å². The van der Waals surface area contributed by atoms with Gasteiger partial charge in [-0.2, -0.15) is 15.0 Å². The molecule has 0 bridgehead atoms. The lowest BCUT2D eigenvalue weighted by molar-refractivity contribution is 0.0979. The number of hydrogen-bond donors (Lipinski definition) is 2. The number of nitrogens with one attached hydrogen (secondary N) is 2. The highest BCUT2D eigenvalue weighted by Gasteiger charge is 2.33. The van der Waals surface area contributed by atoms with Gasteiger partial charge >= 0.3 is 0 Å². The number of anilines is 5. The molecule has 10 nitrogen and oxygen atoms in total. The molecule has 2 N–H and O–H groups in total. The van der Waals surface area contributed by atoms with Crippen molar-refractivity contribution in [2.75, 3.05) is 29.1 Å². The van der Waals surface area contributed by atoms with E-state index in [-0.39, 0.29) is 57.3 Å². The fraction of sp³-hybridized carbons (Fsp3) is 0.0882. The van der Waals surface area contributed by atoms with Gasteiger partial charge in [-0.15, -0.1) is 0 Å². The van der Waals surface area contributed by atoms with E-state index in [1.54, 1.807) is 89.8 Å². The zero-order chi connectivity index (χ0) is 30.5. The average molecular weight is 581 g/mol. The minimum Gasteiger partial charge on any atom is -0.344 e. The average Bonchev–Trinajstić information content (AvgIpc) is 3.05. The number of benzene rings is 4. The second-order valence-electron chi connectivity index (χ2n) is 10.4. The Balaban J connectivity index is 1.29. The maximum absolute atomic E-state index is 13.6. The van der Waals surface area contributed by atoms with Crippen molar-refractivity contribution in [2.24, 2.45) is 0 Å². The predicted molar refractivity (Wildman–Crippen MR) is 165 cm³/mol. The largest absolute Gasteiger partial charge is 0.344 e. The van der Waals surface area contributed by atoms with Crippen LogP contribution in [0.5, 0.6) is 0 Å². The Hall–Kier alpha value is -6.03. The van der Waals surface area contributed by atoms with E-state index in [9.17, 15) is 19.2 Å². The van der Waals surface area contributed by atoms with Crippen LogP contribution < -0.4 is 15.5 Å². The van der Waals surface area contributed by atoms with Crippen LogP contribution in [0.15, 0.2) is 84.9 Å². The quantitative estimate of drug-likeness (QED) is 0.265. The molecule has 5 aromatic rings. The van der Waals surface area contributed by atoms with Crippen LogP contribution in [0.1, 0.15) is 70.6 Å². The van der Waals surface area contributed by atoms with Crippen LogP contribution in [0.25, 0.3) is 0 Å². The van der Waals surface area contributed by atoms with Crippen molar-refractivity contribution in [2.45, 2.75) is 6.92 Å². The Kier molecular flexibility index (Phi) is 6.32. The van der Waals surface area contributed by atoms with Gasteiger partial charge in [0.1, 0.15) is 0 Å². The van der Waals surface area contributed by atoms with Crippen LogP contribution in [0.3, 0.4) is 0 Å². The van der Waals surface area contributed by atoms with Gasteiger partial charge < -0.3 is 15.5 Å². The third-order valence-corrected chi connectivity index (χ3v) is 7.84. The van der Waals surface area contributed by atoms with Gasteiger partial charge in [0.25, 0.3) is 0 Å². The van der Waals surface area contributed by atoms with Crippen molar-refractivity contribution in [1.82, 2.24) is 15.0 Å². The zero-order valence-electron chi connectivity index (χ0n) is 23.7. The molecule has 2 aliphatic carbocycles. The summed E-state index contributed by atoms with van der Waals surface area (Å²) in [6.07, 6.45) is 0. The fourth-order valence-corrected chi connectivity index (χ4v) is 5.53. The Morgan fingerprint density at radius 3 is 1.32 bits per heavy atom. The van der Waals surface area contributed by atoms with Crippen LogP contribution in [0.2, 0.25) is 0 Å². The topological polar surface area (TPSA) is 134 Å². The first kappa shape index (κ1) is 26.8. The fourth-order valence-electron chi connectivity index (χ4n) is 5.53. The molecule has 0 aliphatic heterocycles. The molecule has 4 aromatic carbocycles. The van der Waals surface area contributed by atoms with E-state index in [2.05, 4.69) is 25.6 Å². The van der Waals surface area contributed by atoms with Gasteiger partial charge in [-0.1, -0.05) is 72.8 Å². The third-order valence-electron chi connectivity index (χ3n) is 7.84. The van der Waals surface area contributed by atoms with Crippen molar-refractivity contribution >= 4 is 52.4 Å². The van der Waals surface area contributed by atoms with Gasteiger partial charge in [0, 0.05) is 47.0 Å². The van der Waals surface area contributed by atoms with Crippen LogP contribution in [0.4, 0.5) is 29.2 Å². The van der Waals surface area contributed by atoms with Gasteiger partial charge in [0.2, 0.25) is 17.8 Å². The number of carbonyl (C=O) groups excluding carboxylic acids is 4. The molecule has 0 atom stereocenters. The maximum atomic E-state index is 13.6. The van der Waals surface area contributed by atoms with Crippen LogP contribution in [-0.4, -0.2) is 51.7 Å². The predicted octanol–water partition coefficient (Wildman–Crippen LogP) is 5.37. The summed E-state index contributed by atoms with van der Waals surface area (Å²) in [6, 6.07) is 23.5. The number of aromatic nitrogens is 3. The molecule has 0 saturated carbocycles. The van der Waals surface area contributed by atoms with E-state index >= 15 is 0 Å². The second kappa shape index (κ2) is 10.4. The molecule has 7 rings (SSSR count). The molecule has 0 spiro atoms. The van der Waals surface area contributed by atoms with Gasteiger partial charge in [-0.05, 0) is 19.1 Å². The lowest BCUT2D eigenvalue weighted by atomic mass is 9.83. The molecular weight excluding hydrogens is 556 g/mol. The lowest BCUT2D eigenvalue weighted by Crippen LogP contribution is -2.23. The smallest absolute Gasteiger partial charge is 0.233 e. The highest BCUT2D eigenvalue weighted by molar-refractivity contribution is 6.31. The van der Waals surface area contributed by atoms with E-state index in [0.29, 0.717) is 46.1 Å². The van der Waals surface area contributed by atoms with Gasteiger partial charge in [-0.3, -0.25) is 19.2 Å². The van der Waals surface area contributed by atoms with Gasteiger partial charge in [-0.25, -0.2) is 0 Å². The summed E-state index contributed by atoms with van der Waals surface area (Å²) in [5, 5.41) is 6.26. The Morgan fingerprint density at radius 1 is 0.523 bits per heavy atom. The van der Waals surface area contributed by atoms with Crippen LogP contribution in [0, 0.1) is 0 Å². The molecule has 1 heterocycles. The molecule has 0 unspecified atom stereocenters. The summed E-state index contributed by atoms with van der Waals surface area (Å²) in [4.78, 5) is 69.1. The Bertz CT molecular complexity index is 1930. The van der Waals surface area contributed by atoms with Gasteiger partial charge in [0.15, 0.2) is 23.1 Å². The standard InChI is InChI=1S/C34H24N6O4/c1-3-40(2)34-38-32(35-24-16-8-14-22-26(24)30(43)20-12-6-4-10-18(20)28(22)41)37-33(39-34)36-25-17-9-15-23-27(25)31(44)21-13-7-5-11-19(21)29(23)42/h4-17H,3H2,1-2H3,(H2,35,36,37,38,39). The normalized spacial score (nSPS) is 13.0. The van der Waals surface area contributed by atoms with Crippen LogP contribution >= 0.6 is 0 Å². The highest BCUT2D eigenvalue weighted by atomic mass is 16.1. The molecule has 214 valence electrons. The molecule has 0 amide bonds. The SMILES string of the molecule is CCN(C)c1nc(Nc2cccc3c2C(=O)c2ccccc2C3=O)nc(Nc2cccc3c2C(=O)c2ccccc2C3=O)n1. The second-order valence-corrected chi connectivity index (χ2v) is 10.4. The van der Waals surface area contributed by atoms with Crippen molar-refractivity contribution in [1.29, 1.82) is 0 Å². The highest BCUT2D eigenvalue weighted by Crippen LogP contribution is 2.35. The van der Waals surface area contributed by atoms with Gasteiger partial charge in [0.05, 0.1) is 22.5 Å². The molecule has 44 heavy (non-hydrogen) atoms. The number of fused-ring (bicyclic) bond motifs is 4. The van der Waals surface area contributed by atoms with Crippen LogP contribution in [-0.2, 0) is 0 Å². The zero-order valence-corrected chi connectivity index (χ0v) is 23.7. The number of carbonyl (C=O) groups is 4. The first-order chi connectivity index (χ1) is 21.4. The molecule has 0 saturated heterocycles. The first-order valence-electron chi connectivity index (χ1n) is 14.0. The minimum atomic E-state index is -0.282. The molecule has 0 fully saturated rings. The van der Waals surface area contributed by atoms with Crippen molar-refractivity contribution in [3.63, 3.8) is 0 Å². The minimum absolute atomic E-state index is 0.114. The number of hydrogen-bond acceptors (Lipinski definition) is 10. The monoisotopic (exact) mass is 580 g/mol. The Labute approximate surface area is 251 Å². The number of nitrogens with zero attached hydrogens (tertiary/aromatic N) is 4. The summed E-state index contributed by atoms with van der Waals surface area (Å²) < 4.78 is 0. The van der Waals surface area contributed by atoms with E-state index < -0.39 is 0 Å². The van der Waals surface area contributed by atoms with E-state index in [0.717, 1.165) is 0 Å². The van der Waals surface area contributed by atoms with E-state index in [1.807, 2.05) is 14.0 Å². The first-order valence-corrected chi connectivity index (χ1v) is 14.0. The van der Waals surface area contributed by atoms with Crippen molar-refractivity contribution in [3.8, 4) is 0 Å². The van der Waals surface area contributed by atoms with E-state index in [1.165, 1.54) is 0 Å². The number of ketones is 4. The molecule has 2 aliphatic rings. The molecule has 0 radical (unpaired) electrons. The van der Waals surface area contributed by atoms with Crippen molar-refractivity contribution < 1.29 is 19.2 Å². The molecule has 10 heteroatoms. The molecular formula is C34H24N6O4. The summed E-state index contributed by atoms with van der Waals surface area (Å²) >= 11 is 0. The summed E-state index contributed by atoms with van der Waals surface area (Å²) in [7, 11) is 1.82. The summed E-state index contributed by atoms with van der Waals surface area (Å²) in [5.74, 6) is -0.490.